The molecule has 0 N–H and O–H groups in total. The molecule has 0 atom stereocenters. The molecule has 0 bridgehead atoms. The predicted molar refractivity (Wildman–Crippen MR) is 1.37 cm³/mol. The van der Waals surface area contributed by atoms with Crippen LogP contribution in [0.25, 0.3) is 0 Å². The van der Waals surface area contributed by atoms with E-state index in [2.05, 4.69) is 0 Å². The Morgan fingerprint density at radius 1 is 0.750 bits per heavy atom. The average Bonchev–Trinajstić information content (AvgIpc) is 0. The van der Waals surface area contributed by atoms with E-state index < -0.39 is 0 Å². The van der Waals surface area contributed by atoms with Gasteiger partial charge in [-0.15, -0.1) is 0 Å². The van der Waals surface area contributed by atoms with Crippen molar-refractivity contribution in [3.63, 3.8) is 0 Å². The summed E-state index contributed by atoms with van der Waals surface area (Å²) in [7, 11) is 0. The van der Waals surface area contributed by atoms with Crippen LogP contribution in [0, 0.1) is 0 Å². The molecular formula is CuO2Ti. The predicted octanol–water partition coefficient (Wildman–Crippen LogP) is -0.243. The molecular weight excluding hydrogens is 143 g/mol. The standard InChI is InChI=1S/Cu.2O.Ti/q;2*-2;+4. The van der Waals surface area contributed by atoms with E-state index in [1.165, 1.54) is 0 Å². The first-order chi connectivity index (χ1) is 0. The van der Waals surface area contributed by atoms with E-state index in [0.29, 0.717) is 0 Å². The molecule has 0 aromatic carbocycles. The van der Waals surface area contributed by atoms with Crippen molar-refractivity contribution in [2.75, 3.05) is 0 Å². The van der Waals surface area contributed by atoms with Crippen LogP contribution in [0.3, 0.4) is 0 Å². The van der Waals surface area contributed by atoms with E-state index in [1.54, 1.807) is 0 Å². The molecule has 0 amide bonds. The van der Waals surface area contributed by atoms with Crippen LogP contribution >= 0.6 is 0 Å². The molecule has 0 rings (SSSR count). The van der Waals surface area contributed by atoms with Crippen molar-refractivity contribution >= 4 is 0 Å². The fraction of sp³-hybridized carbons (Fsp3) is 0. The fourth-order valence-corrected chi connectivity index (χ4v) is 0. The van der Waals surface area contributed by atoms with Crippen molar-refractivity contribution in [3.8, 4) is 0 Å². The summed E-state index contributed by atoms with van der Waals surface area (Å²) in [6.07, 6.45) is 0. The molecule has 0 saturated heterocycles. The van der Waals surface area contributed by atoms with Gasteiger partial charge in [0.15, 0.2) is 0 Å². The number of rotatable bonds is 0. The summed E-state index contributed by atoms with van der Waals surface area (Å²) in [5, 5.41) is 0. The normalized spacial score (nSPS) is 0. The van der Waals surface area contributed by atoms with Crippen molar-refractivity contribution in [1.82, 2.24) is 0 Å². The smallest absolute Gasteiger partial charge is 2.00 e. The van der Waals surface area contributed by atoms with Crippen LogP contribution in [0.4, 0.5) is 0 Å². The molecule has 0 aliphatic rings. The summed E-state index contributed by atoms with van der Waals surface area (Å²) in [6, 6.07) is 0. The second kappa shape index (κ2) is 31.0. The molecule has 0 aliphatic heterocycles. The van der Waals surface area contributed by atoms with E-state index in [-0.39, 0.29) is 49.7 Å². The minimum atomic E-state index is 0. The third-order valence-electron chi connectivity index (χ3n) is 0. The van der Waals surface area contributed by atoms with Crippen molar-refractivity contribution in [2.24, 2.45) is 0 Å². The Hall–Kier alpha value is 1.15. The maximum absolute atomic E-state index is 0. The Balaban J connectivity index is 0. The number of hydrogen-bond acceptors (Lipinski definition) is 0. The van der Waals surface area contributed by atoms with E-state index in [9.17, 15) is 0 Å². The second-order valence-corrected chi connectivity index (χ2v) is 0. The van der Waals surface area contributed by atoms with E-state index in [1.807, 2.05) is 0 Å². The maximum atomic E-state index is 0. The fourth-order valence-electron chi connectivity index (χ4n) is 0. The second-order valence-electron chi connectivity index (χ2n) is 0. The van der Waals surface area contributed by atoms with Crippen LogP contribution in [0.2, 0.25) is 0 Å². The van der Waals surface area contributed by atoms with Gasteiger partial charge in [-0.2, -0.15) is 0 Å². The number of hydrogen-bond donors (Lipinski definition) is 0. The zero-order valence-electron chi connectivity index (χ0n) is 1.62. The molecule has 0 aliphatic carbocycles. The van der Waals surface area contributed by atoms with Crippen molar-refractivity contribution in [2.45, 2.75) is 0 Å². The SMILES string of the molecule is [Cu].[O-2].[O-2].[Ti+4]. The maximum Gasteiger partial charge on any atom is 4.00 e. The Morgan fingerprint density at radius 2 is 0.750 bits per heavy atom. The molecule has 4 heavy (non-hydrogen) atoms. The van der Waals surface area contributed by atoms with Crippen LogP contribution in [-0.4, -0.2) is 0 Å². The molecule has 0 saturated carbocycles. The van der Waals surface area contributed by atoms with Gasteiger partial charge in [0.2, 0.25) is 0 Å². The van der Waals surface area contributed by atoms with Crippen LogP contribution in [0.5, 0.6) is 0 Å². The first-order valence-electron chi connectivity index (χ1n) is 0. The van der Waals surface area contributed by atoms with Gasteiger partial charge in [-0.3, -0.25) is 0 Å². The van der Waals surface area contributed by atoms with Crippen LogP contribution < -0.4 is 0 Å². The van der Waals surface area contributed by atoms with E-state index in [0.717, 1.165) is 0 Å². The van der Waals surface area contributed by atoms with Gasteiger partial charge in [-0.25, -0.2) is 0 Å². The largest absolute Gasteiger partial charge is 4.00 e. The summed E-state index contributed by atoms with van der Waals surface area (Å²) in [4.78, 5) is 0. The summed E-state index contributed by atoms with van der Waals surface area (Å²) < 4.78 is 0. The molecule has 1 radical (unpaired) electrons. The molecule has 2 nitrogen and oxygen atoms in total. The minimum absolute atomic E-state index is 0. The van der Waals surface area contributed by atoms with Gasteiger partial charge in [0.05, 0.1) is 0 Å². The van der Waals surface area contributed by atoms with E-state index >= 15 is 0 Å². The molecule has 27 valence electrons. The molecule has 0 aromatic heterocycles. The van der Waals surface area contributed by atoms with Crippen molar-refractivity contribution in [3.05, 3.63) is 0 Å². The van der Waals surface area contributed by atoms with E-state index in [4.69, 9.17) is 0 Å². The Kier molecular flexibility index (Phi) is 518. The molecule has 0 spiro atoms. The molecule has 0 unspecified atom stereocenters. The van der Waals surface area contributed by atoms with Crippen LogP contribution in [0.1, 0.15) is 0 Å². The average molecular weight is 143 g/mol. The zero-order chi connectivity index (χ0) is 0. The summed E-state index contributed by atoms with van der Waals surface area (Å²) in [5.74, 6) is 0. The topological polar surface area (TPSA) is 57.0 Å². The quantitative estimate of drug-likeness (QED) is 0.420. The molecule has 0 aromatic rings. The molecule has 0 fully saturated rings. The van der Waals surface area contributed by atoms with Gasteiger partial charge >= 0.3 is 21.7 Å². The summed E-state index contributed by atoms with van der Waals surface area (Å²) in [6.45, 7) is 0. The Morgan fingerprint density at radius 3 is 0.750 bits per heavy atom. The third-order valence-corrected chi connectivity index (χ3v) is 0. The monoisotopic (exact) mass is 143 g/mol. The third kappa shape index (κ3) is 11.0. The van der Waals surface area contributed by atoms with Crippen molar-refractivity contribution in [1.29, 1.82) is 0 Å². The van der Waals surface area contributed by atoms with Gasteiger partial charge < -0.3 is 11.0 Å². The Labute approximate surface area is 49.9 Å². The Bertz CT molecular complexity index is 6.00. The molecule has 0 heterocycles. The van der Waals surface area contributed by atoms with Gasteiger partial charge in [0, 0.05) is 17.1 Å². The summed E-state index contributed by atoms with van der Waals surface area (Å²) >= 11 is 0. The summed E-state index contributed by atoms with van der Waals surface area (Å²) in [5.41, 5.74) is 0. The van der Waals surface area contributed by atoms with Gasteiger partial charge in [-0.1, -0.05) is 0 Å². The minimum Gasteiger partial charge on any atom is -2.00 e. The molecule has 4 heteroatoms. The first kappa shape index (κ1) is 66.8. The van der Waals surface area contributed by atoms with Gasteiger partial charge in [0.25, 0.3) is 0 Å². The van der Waals surface area contributed by atoms with Gasteiger partial charge in [0.1, 0.15) is 0 Å². The van der Waals surface area contributed by atoms with Crippen molar-refractivity contribution < 1.29 is 49.7 Å². The first-order valence-corrected chi connectivity index (χ1v) is 0. The van der Waals surface area contributed by atoms with Crippen LogP contribution in [0.15, 0.2) is 0 Å². The van der Waals surface area contributed by atoms with Gasteiger partial charge in [-0.05, 0) is 0 Å². The zero-order valence-corrected chi connectivity index (χ0v) is 4.12. The van der Waals surface area contributed by atoms with Crippen LogP contribution in [-0.2, 0) is 49.7 Å².